The second-order valence-electron chi connectivity index (χ2n) is 4.77. The van der Waals surface area contributed by atoms with Gasteiger partial charge >= 0.3 is 5.69 Å². The number of unbranched alkanes of at least 4 members (excludes halogenated alkanes) is 1. The smallest absolute Gasteiger partial charge is 0.313 e. The molecule has 8 heteroatoms. The number of hydrogen-bond donors (Lipinski definition) is 1. The first kappa shape index (κ1) is 15.9. The van der Waals surface area contributed by atoms with Crippen molar-refractivity contribution in [2.75, 3.05) is 7.11 Å². The molecule has 22 heavy (non-hydrogen) atoms. The highest BCUT2D eigenvalue weighted by Crippen LogP contribution is 2.29. The topological polar surface area (TPSA) is 103 Å². The minimum absolute atomic E-state index is 0.137. The monoisotopic (exact) mass is 306 g/mol. The number of nitro groups is 1. The average Bonchev–Trinajstić information content (AvgIpc) is 2.94. The van der Waals surface area contributed by atoms with Crippen LogP contribution in [0.25, 0.3) is 5.69 Å². The Morgan fingerprint density at radius 2 is 2.23 bits per heavy atom. The molecule has 0 aliphatic heterocycles. The molecule has 0 aliphatic rings. The van der Waals surface area contributed by atoms with Gasteiger partial charge < -0.3 is 9.84 Å². The molecule has 0 bridgehead atoms. The molecule has 0 spiro atoms. The van der Waals surface area contributed by atoms with Crippen LogP contribution in [-0.4, -0.2) is 32.1 Å². The van der Waals surface area contributed by atoms with Gasteiger partial charge in [-0.3, -0.25) is 10.1 Å². The standard InChI is InChI=1S/C14H18N4O4/c1-3-4-5-12-11(9-19)15-16-17(12)10-6-7-14(22-2)13(8-10)18(20)21/h6-8,19H,3-5,9H2,1-2H3. The van der Waals surface area contributed by atoms with Gasteiger partial charge in [0.25, 0.3) is 0 Å². The first-order chi connectivity index (χ1) is 10.6. The molecular weight excluding hydrogens is 288 g/mol. The Balaban J connectivity index is 2.49. The van der Waals surface area contributed by atoms with Crippen LogP contribution in [0.15, 0.2) is 18.2 Å². The third-order valence-electron chi connectivity index (χ3n) is 3.36. The van der Waals surface area contributed by atoms with Gasteiger partial charge in [-0.25, -0.2) is 4.68 Å². The summed E-state index contributed by atoms with van der Waals surface area (Å²) in [4.78, 5) is 10.6. The number of nitrogens with zero attached hydrogens (tertiary/aromatic N) is 4. The van der Waals surface area contributed by atoms with Crippen molar-refractivity contribution in [2.24, 2.45) is 0 Å². The lowest BCUT2D eigenvalue weighted by molar-refractivity contribution is -0.385. The summed E-state index contributed by atoms with van der Waals surface area (Å²) in [5.41, 5.74) is 1.64. The normalized spacial score (nSPS) is 10.7. The van der Waals surface area contributed by atoms with Crippen LogP contribution in [0.1, 0.15) is 31.2 Å². The van der Waals surface area contributed by atoms with Gasteiger partial charge in [-0.05, 0) is 25.0 Å². The van der Waals surface area contributed by atoms with E-state index in [1.807, 2.05) is 0 Å². The van der Waals surface area contributed by atoms with Gasteiger partial charge in [-0.2, -0.15) is 0 Å². The molecular formula is C14H18N4O4. The highest BCUT2D eigenvalue weighted by molar-refractivity contribution is 5.53. The molecule has 1 aromatic heterocycles. The molecule has 0 aliphatic carbocycles. The lowest BCUT2D eigenvalue weighted by atomic mass is 10.1. The zero-order chi connectivity index (χ0) is 16.1. The van der Waals surface area contributed by atoms with E-state index in [4.69, 9.17) is 4.74 Å². The Hall–Kier alpha value is -2.48. The number of aliphatic hydroxyl groups is 1. The van der Waals surface area contributed by atoms with Crippen LogP contribution in [0.2, 0.25) is 0 Å². The van der Waals surface area contributed by atoms with Gasteiger partial charge in [0.2, 0.25) is 0 Å². The number of aliphatic hydroxyl groups excluding tert-OH is 1. The highest BCUT2D eigenvalue weighted by atomic mass is 16.6. The number of ether oxygens (including phenoxy) is 1. The van der Waals surface area contributed by atoms with Crippen molar-refractivity contribution in [3.63, 3.8) is 0 Å². The molecule has 0 unspecified atom stereocenters. The van der Waals surface area contributed by atoms with Gasteiger partial charge in [0.1, 0.15) is 5.69 Å². The SMILES string of the molecule is CCCCc1c(CO)nnn1-c1ccc(OC)c([N+](=O)[O-])c1. The summed E-state index contributed by atoms with van der Waals surface area (Å²) in [6.07, 6.45) is 2.59. The van der Waals surface area contributed by atoms with Crippen molar-refractivity contribution < 1.29 is 14.8 Å². The van der Waals surface area contributed by atoms with Gasteiger partial charge in [0.15, 0.2) is 5.75 Å². The van der Waals surface area contributed by atoms with Crippen LogP contribution in [0.3, 0.4) is 0 Å². The molecule has 1 N–H and O–H groups in total. The van der Waals surface area contributed by atoms with Crippen LogP contribution in [0, 0.1) is 10.1 Å². The quantitative estimate of drug-likeness (QED) is 0.620. The van der Waals surface area contributed by atoms with E-state index in [0.717, 1.165) is 18.5 Å². The van der Waals surface area contributed by atoms with Crippen LogP contribution in [-0.2, 0) is 13.0 Å². The molecule has 0 radical (unpaired) electrons. The zero-order valence-electron chi connectivity index (χ0n) is 12.5. The molecule has 1 aromatic carbocycles. The first-order valence-electron chi connectivity index (χ1n) is 6.99. The maximum Gasteiger partial charge on any atom is 0.313 e. The number of nitro benzene ring substituents is 1. The minimum Gasteiger partial charge on any atom is -0.490 e. The van der Waals surface area contributed by atoms with Crippen molar-refractivity contribution in [1.82, 2.24) is 15.0 Å². The molecule has 2 aromatic rings. The summed E-state index contributed by atoms with van der Waals surface area (Å²) in [6.45, 7) is 1.85. The molecule has 1 heterocycles. The summed E-state index contributed by atoms with van der Waals surface area (Å²) >= 11 is 0. The summed E-state index contributed by atoms with van der Waals surface area (Å²) in [6, 6.07) is 4.60. The van der Waals surface area contributed by atoms with Gasteiger partial charge in [0, 0.05) is 6.07 Å². The molecule has 0 atom stereocenters. The van der Waals surface area contributed by atoms with Crippen molar-refractivity contribution in [3.05, 3.63) is 39.7 Å². The fourth-order valence-corrected chi connectivity index (χ4v) is 2.21. The van der Waals surface area contributed by atoms with Crippen molar-refractivity contribution >= 4 is 5.69 Å². The Kier molecular flexibility index (Phi) is 5.05. The number of methoxy groups -OCH3 is 1. The average molecular weight is 306 g/mol. The van der Waals surface area contributed by atoms with Gasteiger partial charge in [-0.1, -0.05) is 18.6 Å². The van der Waals surface area contributed by atoms with Crippen LogP contribution in [0.4, 0.5) is 5.69 Å². The summed E-state index contributed by atoms with van der Waals surface area (Å²) in [5.74, 6) is 0.186. The summed E-state index contributed by atoms with van der Waals surface area (Å²) in [7, 11) is 1.38. The Labute approximate surface area is 127 Å². The van der Waals surface area contributed by atoms with Crippen molar-refractivity contribution in [2.45, 2.75) is 32.8 Å². The zero-order valence-corrected chi connectivity index (χ0v) is 12.5. The predicted octanol–water partition coefficient (Wildman–Crippen LogP) is 2.02. The fourth-order valence-electron chi connectivity index (χ4n) is 2.21. The van der Waals surface area contributed by atoms with E-state index in [1.54, 1.807) is 6.07 Å². The lowest BCUT2D eigenvalue weighted by Crippen LogP contribution is -2.05. The van der Waals surface area contributed by atoms with E-state index in [9.17, 15) is 15.2 Å². The molecule has 118 valence electrons. The van der Waals surface area contributed by atoms with E-state index in [1.165, 1.54) is 23.9 Å². The van der Waals surface area contributed by atoms with Crippen LogP contribution < -0.4 is 4.74 Å². The number of rotatable bonds is 7. The van der Waals surface area contributed by atoms with Crippen LogP contribution in [0.5, 0.6) is 5.75 Å². The summed E-state index contributed by atoms with van der Waals surface area (Å²) < 4.78 is 6.53. The third-order valence-corrected chi connectivity index (χ3v) is 3.36. The minimum atomic E-state index is -0.502. The molecule has 2 rings (SSSR count). The largest absolute Gasteiger partial charge is 0.490 e. The molecule has 0 saturated carbocycles. The van der Waals surface area contributed by atoms with E-state index < -0.39 is 4.92 Å². The maximum absolute atomic E-state index is 11.1. The molecule has 0 fully saturated rings. The Bertz CT molecular complexity index is 669. The number of aromatic nitrogens is 3. The van der Waals surface area contributed by atoms with Crippen molar-refractivity contribution in [3.8, 4) is 11.4 Å². The van der Waals surface area contributed by atoms with Crippen LogP contribution >= 0.6 is 0 Å². The number of hydrogen-bond acceptors (Lipinski definition) is 6. The lowest BCUT2D eigenvalue weighted by Gasteiger charge is -2.08. The third kappa shape index (κ3) is 3.06. The van der Waals surface area contributed by atoms with Gasteiger partial charge in [0.05, 0.1) is 30.0 Å². The first-order valence-corrected chi connectivity index (χ1v) is 6.99. The van der Waals surface area contributed by atoms with E-state index >= 15 is 0 Å². The Morgan fingerprint density at radius 3 is 2.82 bits per heavy atom. The molecule has 0 amide bonds. The second kappa shape index (κ2) is 6.99. The fraction of sp³-hybridized carbons (Fsp3) is 0.429. The van der Waals surface area contributed by atoms with E-state index in [0.29, 0.717) is 17.8 Å². The van der Waals surface area contributed by atoms with E-state index in [-0.39, 0.29) is 18.0 Å². The highest BCUT2D eigenvalue weighted by Gasteiger charge is 2.19. The number of benzene rings is 1. The second-order valence-corrected chi connectivity index (χ2v) is 4.77. The van der Waals surface area contributed by atoms with Crippen molar-refractivity contribution in [1.29, 1.82) is 0 Å². The Morgan fingerprint density at radius 1 is 1.45 bits per heavy atom. The molecule has 0 saturated heterocycles. The summed E-state index contributed by atoms with van der Waals surface area (Å²) in [5, 5.41) is 28.4. The predicted molar refractivity (Wildman–Crippen MR) is 79.1 cm³/mol. The van der Waals surface area contributed by atoms with E-state index in [2.05, 4.69) is 17.2 Å². The van der Waals surface area contributed by atoms with Gasteiger partial charge in [-0.15, -0.1) is 5.10 Å². The maximum atomic E-state index is 11.1. The molecule has 8 nitrogen and oxygen atoms in total.